The number of hydrogen-bond donors (Lipinski definition) is 0. The lowest BCUT2D eigenvalue weighted by molar-refractivity contribution is -0.385. The Morgan fingerprint density at radius 2 is 1.53 bits per heavy atom. The largest absolute Gasteiger partial charge is 0.357 e. The molecule has 0 spiro atoms. The predicted molar refractivity (Wildman–Crippen MR) is 104 cm³/mol. The Hall–Kier alpha value is -3.53. The average molecular weight is 410 g/mol. The summed E-state index contributed by atoms with van der Waals surface area (Å²) in [6, 6.07) is 12.3. The number of nitro groups is 2. The van der Waals surface area contributed by atoms with E-state index in [1.165, 1.54) is 24.3 Å². The van der Waals surface area contributed by atoms with Gasteiger partial charge in [0.2, 0.25) is 5.84 Å². The van der Waals surface area contributed by atoms with E-state index >= 15 is 0 Å². The number of oxime groups is 1. The Bertz CT molecular complexity index is 1040. The smallest absolute Gasteiger partial charge is 0.269 e. The zero-order valence-corrected chi connectivity index (χ0v) is 15.8. The summed E-state index contributed by atoms with van der Waals surface area (Å²) < 4.78 is 0. The number of benzene rings is 2. The quantitative estimate of drug-likeness (QED) is 0.554. The SMILES string of the molecule is O=[N+]([O-])c1ccc(C2=NOC3(c4ccc([N+](=O)[O-])cc4)[C@@H]4CCCC[C@@H]4ON23)cc1. The Labute approximate surface area is 170 Å². The maximum absolute atomic E-state index is 11.1. The van der Waals surface area contributed by atoms with Gasteiger partial charge in [-0.3, -0.25) is 25.1 Å². The van der Waals surface area contributed by atoms with E-state index in [2.05, 4.69) is 5.16 Å². The van der Waals surface area contributed by atoms with Gasteiger partial charge < -0.3 is 4.84 Å². The van der Waals surface area contributed by atoms with Crippen molar-refractivity contribution in [3.8, 4) is 0 Å². The van der Waals surface area contributed by atoms with Crippen molar-refractivity contribution in [2.75, 3.05) is 0 Å². The molecule has 2 heterocycles. The lowest BCUT2D eigenvalue weighted by Crippen LogP contribution is -2.45. The topological polar surface area (TPSA) is 120 Å². The summed E-state index contributed by atoms with van der Waals surface area (Å²) in [7, 11) is 0. The van der Waals surface area contributed by atoms with Gasteiger partial charge in [0.25, 0.3) is 17.1 Å². The molecule has 2 aliphatic heterocycles. The summed E-state index contributed by atoms with van der Waals surface area (Å²) >= 11 is 0. The third-order valence-electron chi connectivity index (χ3n) is 6.04. The van der Waals surface area contributed by atoms with Crippen LogP contribution in [-0.4, -0.2) is 26.8 Å². The fraction of sp³-hybridized carbons (Fsp3) is 0.350. The maximum atomic E-state index is 11.1. The average Bonchev–Trinajstić information content (AvgIpc) is 3.29. The maximum Gasteiger partial charge on any atom is 0.269 e. The zero-order valence-electron chi connectivity index (χ0n) is 15.8. The third kappa shape index (κ3) is 2.64. The van der Waals surface area contributed by atoms with Crippen LogP contribution < -0.4 is 0 Å². The van der Waals surface area contributed by atoms with Crippen LogP contribution in [0.5, 0.6) is 0 Å². The molecule has 10 heteroatoms. The second-order valence-corrected chi connectivity index (χ2v) is 7.64. The zero-order chi connectivity index (χ0) is 20.9. The number of nitro benzene ring substituents is 2. The van der Waals surface area contributed by atoms with Gasteiger partial charge in [-0.2, -0.15) is 5.06 Å². The monoisotopic (exact) mass is 410 g/mol. The highest BCUT2D eigenvalue weighted by molar-refractivity contribution is 5.99. The van der Waals surface area contributed by atoms with Crippen molar-refractivity contribution in [1.29, 1.82) is 0 Å². The molecule has 154 valence electrons. The number of hydrogen-bond acceptors (Lipinski definition) is 8. The van der Waals surface area contributed by atoms with Gasteiger partial charge in [0.05, 0.1) is 21.9 Å². The van der Waals surface area contributed by atoms with E-state index in [4.69, 9.17) is 9.68 Å². The van der Waals surface area contributed by atoms with Gasteiger partial charge in [-0.25, -0.2) is 0 Å². The first-order valence-electron chi connectivity index (χ1n) is 9.73. The summed E-state index contributed by atoms with van der Waals surface area (Å²) in [4.78, 5) is 33.5. The first-order chi connectivity index (χ1) is 14.5. The molecule has 0 radical (unpaired) electrons. The summed E-state index contributed by atoms with van der Waals surface area (Å²) in [5.74, 6) is 0.435. The van der Waals surface area contributed by atoms with Gasteiger partial charge in [0.15, 0.2) is 0 Å². The lowest BCUT2D eigenvalue weighted by atomic mass is 9.77. The summed E-state index contributed by atoms with van der Waals surface area (Å²) in [5, 5.41) is 28.0. The molecule has 3 aliphatic rings. The van der Waals surface area contributed by atoms with E-state index in [0.29, 0.717) is 11.4 Å². The van der Waals surface area contributed by atoms with Gasteiger partial charge in [0.1, 0.15) is 0 Å². The minimum absolute atomic E-state index is 0.00434. The Morgan fingerprint density at radius 3 is 2.17 bits per heavy atom. The molecule has 0 aromatic heterocycles. The summed E-state index contributed by atoms with van der Waals surface area (Å²) in [6.45, 7) is 0. The van der Waals surface area contributed by atoms with Gasteiger partial charge in [0, 0.05) is 35.4 Å². The molecule has 0 N–H and O–H groups in total. The van der Waals surface area contributed by atoms with Crippen LogP contribution in [0.25, 0.3) is 0 Å². The molecule has 0 amide bonds. The Morgan fingerprint density at radius 1 is 0.933 bits per heavy atom. The van der Waals surface area contributed by atoms with E-state index in [-0.39, 0.29) is 23.4 Å². The molecule has 0 bridgehead atoms. The van der Waals surface area contributed by atoms with E-state index in [0.717, 1.165) is 31.2 Å². The molecule has 5 rings (SSSR count). The first kappa shape index (κ1) is 18.5. The van der Waals surface area contributed by atoms with Crippen LogP contribution in [0, 0.1) is 26.1 Å². The van der Waals surface area contributed by atoms with Gasteiger partial charge in [-0.1, -0.05) is 18.0 Å². The standard InChI is InChI=1S/C20H18N4O6/c25-23(26)15-9-5-13(6-10-15)19-21-30-20(14-7-11-16(12-8-14)24(27)28)17-3-1-2-4-18(17)29-22(19)20/h5-12,17-18H,1-4H2/t17-,18+,20?/m1/s1. The van der Waals surface area contributed by atoms with Gasteiger partial charge in [-0.05, 0) is 37.1 Å². The highest BCUT2D eigenvalue weighted by Gasteiger charge is 2.63. The summed E-state index contributed by atoms with van der Waals surface area (Å²) in [6.07, 6.45) is 3.78. The molecular weight excluding hydrogens is 392 g/mol. The van der Waals surface area contributed by atoms with Crippen LogP contribution in [0.2, 0.25) is 0 Å². The fourth-order valence-electron chi connectivity index (χ4n) is 4.61. The Kier molecular flexibility index (Phi) is 4.17. The number of amidine groups is 1. The Balaban J connectivity index is 1.55. The van der Waals surface area contributed by atoms with E-state index in [1.807, 2.05) is 0 Å². The molecule has 1 saturated carbocycles. The third-order valence-corrected chi connectivity index (χ3v) is 6.04. The van der Waals surface area contributed by atoms with Gasteiger partial charge in [-0.15, -0.1) is 0 Å². The number of rotatable bonds is 4. The molecule has 30 heavy (non-hydrogen) atoms. The van der Waals surface area contributed by atoms with Crippen molar-refractivity contribution in [2.24, 2.45) is 11.1 Å². The van der Waals surface area contributed by atoms with Crippen LogP contribution in [0.1, 0.15) is 36.8 Å². The summed E-state index contributed by atoms with van der Waals surface area (Å²) in [5.41, 5.74) is 0.314. The van der Waals surface area contributed by atoms with E-state index < -0.39 is 15.6 Å². The molecule has 1 unspecified atom stereocenters. The van der Waals surface area contributed by atoms with Crippen LogP contribution in [0.4, 0.5) is 11.4 Å². The second kappa shape index (κ2) is 6.77. The van der Waals surface area contributed by atoms with Crippen molar-refractivity contribution in [3.63, 3.8) is 0 Å². The molecule has 2 aromatic rings. The molecule has 3 atom stereocenters. The highest BCUT2D eigenvalue weighted by Crippen LogP contribution is 2.54. The number of hydroxylamine groups is 2. The van der Waals surface area contributed by atoms with Crippen molar-refractivity contribution in [1.82, 2.24) is 5.06 Å². The number of non-ortho nitro benzene ring substituents is 2. The van der Waals surface area contributed by atoms with Crippen LogP contribution >= 0.6 is 0 Å². The second-order valence-electron chi connectivity index (χ2n) is 7.64. The molecular formula is C20H18N4O6. The lowest BCUT2D eigenvalue weighted by Gasteiger charge is -2.34. The fourth-order valence-corrected chi connectivity index (χ4v) is 4.61. The number of fused-ring (bicyclic) bond motifs is 3. The van der Waals surface area contributed by atoms with Crippen molar-refractivity contribution in [3.05, 3.63) is 79.9 Å². The molecule has 2 aromatic carbocycles. The van der Waals surface area contributed by atoms with Crippen LogP contribution in [-0.2, 0) is 15.4 Å². The van der Waals surface area contributed by atoms with Crippen LogP contribution in [0.3, 0.4) is 0 Å². The minimum atomic E-state index is -1.02. The van der Waals surface area contributed by atoms with Crippen LogP contribution in [0.15, 0.2) is 53.7 Å². The van der Waals surface area contributed by atoms with E-state index in [9.17, 15) is 20.2 Å². The molecule has 2 fully saturated rings. The normalized spacial score (nSPS) is 27.1. The number of nitrogens with zero attached hydrogens (tertiary/aromatic N) is 4. The molecule has 1 aliphatic carbocycles. The first-order valence-corrected chi connectivity index (χ1v) is 9.73. The van der Waals surface area contributed by atoms with Crippen molar-refractivity contribution < 1.29 is 19.5 Å². The minimum Gasteiger partial charge on any atom is -0.357 e. The molecule has 10 nitrogen and oxygen atoms in total. The molecule has 1 saturated heterocycles. The van der Waals surface area contributed by atoms with Gasteiger partial charge >= 0.3 is 0 Å². The van der Waals surface area contributed by atoms with Crippen molar-refractivity contribution >= 4 is 17.2 Å². The predicted octanol–water partition coefficient (Wildman–Crippen LogP) is 3.85. The van der Waals surface area contributed by atoms with E-state index in [1.54, 1.807) is 29.3 Å². The van der Waals surface area contributed by atoms with Crippen molar-refractivity contribution in [2.45, 2.75) is 37.5 Å². The highest BCUT2D eigenvalue weighted by atomic mass is 16.8.